The lowest BCUT2D eigenvalue weighted by molar-refractivity contribution is 0.269. The SMILES string of the molecule is CCC1CCC(n2c(-c3cccnc3)n[nH]c2=S)CC1. The first-order valence-corrected chi connectivity index (χ1v) is 7.77. The van der Waals surface area contributed by atoms with Gasteiger partial charge in [-0.3, -0.25) is 14.6 Å². The maximum absolute atomic E-state index is 5.44. The van der Waals surface area contributed by atoms with Crippen LogP contribution in [0.4, 0.5) is 0 Å². The van der Waals surface area contributed by atoms with Crippen molar-refractivity contribution in [2.75, 3.05) is 0 Å². The van der Waals surface area contributed by atoms with Gasteiger partial charge < -0.3 is 0 Å². The van der Waals surface area contributed by atoms with Gasteiger partial charge in [0.25, 0.3) is 0 Å². The number of pyridine rings is 1. The molecule has 0 atom stereocenters. The van der Waals surface area contributed by atoms with E-state index < -0.39 is 0 Å². The maximum Gasteiger partial charge on any atom is 0.195 e. The molecule has 0 radical (unpaired) electrons. The number of hydrogen-bond donors (Lipinski definition) is 1. The maximum atomic E-state index is 5.44. The predicted octanol–water partition coefficient (Wildman–Crippen LogP) is 4.14. The van der Waals surface area contributed by atoms with E-state index in [0.29, 0.717) is 6.04 Å². The zero-order valence-corrected chi connectivity index (χ0v) is 12.6. The first-order valence-electron chi connectivity index (χ1n) is 7.37. The van der Waals surface area contributed by atoms with E-state index in [9.17, 15) is 0 Å². The van der Waals surface area contributed by atoms with Gasteiger partial charge in [0.2, 0.25) is 0 Å². The number of nitrogens with one attached hydrogen (secondary N) is 1. The number of aromatic nitrogens is 4. The summed E-state index contributed by atoms with van der Waals surface area (Å²) < 4.78 is 2.92. The normalized spacial score (nSPS) is 22.9. The summed E-state index contributed by atoms with van der Waals surface area (Å²) in [7, 11) is 0. The molecule has 1 saturated carbocycles. The third-order valence-electron chi connectivity index (χ3n) is 4.38. The predicted molar refractivity (Wildman–Crippen MR) is 81.9 cm³/mol. The Bertz CT molecular complexity index is 608. The second kappa shape index (κ2) is 5.87. The van der Waals surface area contributed by atoms with Crippen LogP contribution in [-0.4, -0.2) is 19.7 Å². The van der Waals surface area contributed by atoms with Crippen LogP contribution < -0.4 is 0 Å². The summed E-state index contributed by atoms with van der Waals surface area (Å²) >= 11 is 5.44. The van der Waals surface area contributed by atoms with Crippen molar-refractivity contribution in [3.8, 4) is 11.4 Å². The second-order valence-corrected chi connectivity index (χ2v) is 5.93. The van der Waals surface area contributed by atoms with Crippen molar-refractivity contribution in [2.24, 2.45) is 5.92 Å². The first kappa shape index (κ1) is 13.5. The highest BCUT2D eigenvalue weighted by Gasteiger charge is 2.24. The van der Waals surface area contributed by atoms with Crippen LogP contribution in [0.1, 0.15) is 45.1 Å². The molecule has 0 unspecified atom stereocenters. The van der Waals surface area contributed by atoms with Gasteiger partial charge in [-0.15, -0.1) is 0 Å². The number of aromatic amines is 1. The minimum atomic E-state index is 0.472. The van der Waals surface area contributed by atoms with E-state index in [2.05, 4.69) is 26.7 Å². The van der Waals surface area contributed by atoms with Gasteiger partial charge in [-0.05, 0) is 56.0 Å². The number of rotatable bonds is 3. The smallest absolute Gasteiger partial charge is 0.195 e. The Kier molecular flexibility index (Phi) is 3.96. The van der Waals surface area contributed by atoms with Crippen molar-refractivity contribution in [2.45, 2.75) is 45.1 Å². The molecule has 106 valence electrons. The molecule has 0 aromatic carbocycles. The van der Waals surface area contributed by atoms with E-state index in [1.807, 2.05) is 18.3 Å². The average molecular weight is 288 g/mol. The topological polar surface area (TPSA) is 46.5 Å². The monoisotopic (exact) mass is 288 g/mol. The summed E-state index contributed by atoms with van der Waals surface area (Å²) in [6.45, 7) is 2.29. The molecule has 2 heterocycles. The van der Waals surface area contributed by atoms with Crippen molar-refractivity contribution in [3.05, 3.63) is 29.3 Å². The van der Waals surface area contributed by atoms with E-state index in [1.165, 1.54) is 32.1 Å². The molecule has 1 fully saturated rings. The molecule has 3 rings (SSSR count). The zero-order chi connectivity index (χ0) is 13.9. The van der Waals surface area contributed by atoms with Crippen molar-refractivity contribution >= 4 is 12.2 Å². The van der Waals surface area contributed by atoms with Gasteiger partial charge in [0.05, 0.1) is 0 Å². The molecule has 0 amide bonds. The van der Waals surface area contributed by atoms with E-state index in [4.69, 9.17) is 12.2 Å². The summed E-state index contributed by atoms with van der Waals surface area (Å²) in [5, 5.41) is 7.35. The van der Waals surface area contributed by atoms with Gasteiger partial charge in [-0.1, -0.05) is 13.3 Å². The summed E-state index contributed by atoms with van der Waals surface area (Å²) in [5.74, 6) is 1.80. The lowest BCUT2D eigenvalue weighted by Gasteiger charge is -2.29. The minimum Gasteiger partial charge on any atom is -0.297 e. The number of H-pyrrole nitrogens is 1. The van der Waals surface area contributed by atoms with E-state index in [1.54, 1.807) is 6.20 Å². The third-order valence-corrected chi connectivity index (χ3v) is 4.67. The molecule has 0 saturated heterocycles. The molecule has 0 aliphatic heterocycles. The molecule has 20 heavy (non-hydrogen) atoms. The lowest BCUT2D eigenvalue weighted by atomic mass is 9.84. The zero-order valence-electron chi connectivity index (χ0n) is 11.7. The van der Waals surface area contributed by atoms with Gasteiger partial charge in [-0.2, -0.15) is 5.10 Å². The average Bonchev–Trinajstić information content (AvgIpc) is 2.90. The second-order valence-electron chi connectivity index (χ2n) is 5.55. The Hall–Kier alpha value is -1.49. The summed E-state index contributed by atoms with van der Waals surface area (Å²) in [6.07, 6.45) is 9.89. The molecule has 0 bridgehead atoms. The fraction of sp³-hybridized carbons (Fsp3) is 0.533. The quantitative estimate of drug-likeness (QED) is 0.863. The van der Waals surface area contributed by atoms with Gasteiger partial charge >= 0.3 is 0 Å². The van der Waals surface area contributed by atoms with Crippen molar-refractivity contribution in [1.82, 2.24) is 19.7 Å². The van der Waals surface area contributed by atoms with E-state index in [0.717, 1.165) is 22.1 Å². The molecule has 0 spiro atoms. The highest BCUT2D eigenvalue weighted by Crippen LogP contribution is 2.35. The van der Waals surface area contributed by atoms with Crippen LogP contribution in [0.15, 0.2) is 24.5 Å². The van der Waals surface area contributed by atoms with Gasteiger partial charge in [0.15, 0.2) is 10.6 Å². The van der Waals surface area contributed by atoms with Gasteiger partial charge in [-0.25, -0.2) is 0 Å². The summed E-state index contributed by atoms with van der Waals surface area (Å²) in [4.78, 5) is 4.18. The molecule has 1 aliphatic carbocycles. The van der Waals surface area contributed by atoms with Crippen LogP contribution >= 0.6 is 12.2 Å². The molecular weight excluding hydrogens is 268 g/mol. The number of hydrogen-bond acceptors (Lipinski definition) is 3. The van der Waals surface area contributed by atoms with Crippen LogP contribution in [0, 0.1) is 10.7 Å². The summed E-state index contributed by atoms with van der Waals surface area (Å²) in [5.41, 5.74) is 1.03. The molecule has 2 aromatic heterocycles. The standard InChI is InChI=1S/C15H20N4S/c1-2-11-5-7-13(8-6-11)19-14(17-18-15(19)20)12-4-3-9-16-10-12/h3-4,9-11,13H,2,5-8H2,1H3,(H,18,20). The van der Waals surface area contributed by atoms with Crippen LogP contribution in [0.2, 0.25) is 0 Å². The number of nitrogens with zero attached hydrogens (tertiary/aromatic N) is 3. The molecule has 5 heteroatoms. The molecule has 2 aromatic rings. The van der Waals surface area contributed by atoms with E-state index >= 15 is 0 Å². The Balaban J connectivity index is 1.91. The Labute approximate surface area is 124 Å². The van der Waals surface area contributed by atoms with Crippen LogP contribution in [0.25, 0.3) is 11.4 Å². The van der Waals surface area contributed by atoms with Gasteiger partial charge in [0, 0.05) is 24.0 Å². The Morgan fingerprint density at radius 1 is 1.35 bits per heavy atom. The van der Waals surface area contributed by atoms with Crippen molar-refractivity contribution < 1.29 is 0 Å². The fourth-order valence-corrected chi connectivity index (χ4v) is 3.43. The molecule has 4 nitrogen and oxygen atoms in total. The third kappa shape index (κ3) is 2.54. The highest BCUT2D eigenvalue weighted by atomic mass is 32.1. The van der Waals surface area contributed by atoms with E-state index in [-0.39, 0.29) is 0 Å². The minimum absolute atomic E-state index is 0.472. The highest BCUT2D eigenvalue weighted by molar-refractivity contribution is 7.71. The van der Waals surface area contributed by atoms with Crippen LogP contribution in [0.5, 0.6) is 0 Å². The van der Waals surface area contributed by atoms with Crippen LogP contribution in [-0.2, 0) is 0 Å². The van der Waals surface area contributed by atoms with Crippen molar-refractivity contribution in [1.29, 1.82) is 0 Å². The summed E-state index contributed by atoms with van der Waals surface area (Å²) in [6, 6.07) is 4.44. The molecule has 1 aliphatic rings. The van der Waals surface area contributed by atoms with Crippen molar-refractivity contribution in [3.63, 3.8) is 0 Å². The Morgan fingerprint density at radius 2 is 2.15 bits per heavy atom. The van der Waals surface area contributed by atoms with Crippen LogP contribution in [0.3, 0.4) is 0 Å². The molecular formula is C15H20N4S. The fourth-order valence-electron chi connectivity index (χ4n) is 3.15. The Morgan fingerprint density at radius 3 is 2.80 bits per heavy atom. The van der Waals surface area contributed by atoms with Gasteiger partial charge in [0.1, 0.15) is 0 Å². The first-order chi connectivity index (χ1) is 9.79. The largest absolute Gasteiger partial charge is 0.297 e. The molecule has 1 N–H and O–H groups in total. The lowest BCUT2D eigenvalue weighted by Crippen LogP contribution is -2.18.